The van der Waals surface area contributed by atoms with Crippen LogP contribution in [-0.4, -0.2) is 40.8 Å². The fourth-order valence-corrected chi connectivity index (χ4v) is 3.20. The molecule has 0 saturated carbocycles. The number of anilines is 1. The quantitative estimate of drug-likeness (QED) is 0.802. The Morgan fingerprint density at radius 1 is 1.33 bits per heavy atom. The van der Waals surface area contributed by atoms with Gasteiger partial charge in [0.05, 0.1) is 0 Å². The maximum atomic E-state index is 12.8. The van der Waals surface area contributed by atoms with Gasteiger partial charge in [-0.2, -0.15) is 0 Å². The molecule has 1 aliphatic rings. The molecule has 124 valence electrons. The number of likely N-dealkylation sites (N-methyl/N-ethyl adjacent to an activating group) is 1. The van der Waals surface area contributed by atoms with Crippen LogP contribution < -0.4 is 4.90 Å². The summed E-state index contributed by atoms with van der Waals surface area (Å²) in [6, 6.07) is 12.2. The Morgan fingerprint density at radius 2 is 2.08 bits per heavy atom. The summed E-state index contributed by atoms with van der Waals surface area (Å²) in [5, 5.41) is 0.264. The summed E-state index contributed by atoms with van der Waals surface area (Å²) < 4.78 is 0. The third kappa shape index (κ3) is 3.12. The molecule has 1 aromatic heterocycles. The van der Waals surface area contributed by atoms with Crippen molar-refractivity contribution in [2.45, 2.75) is 19.4 Å². The lowest BCUT2D eigenvalue weighted by Gasteiger charge is -2.27. The van der Waals surface area contributed by atoms with Gasteiger partial charge in [-0.15, -0.1) is 0 Å². The molecule has 1 fully saturated rings. The van der Waals surface area contributed by atoms with Crippen LogP contribution in [0.4, 0.5) is 5.69 Å². The van der Waals surface area contributed by atoms with E-state index in [0.29, 0.717) is 25.1 Å². The summed E-state index contributed by atoms with van der Waals surface area (Å²) in [5.74, 6) is -0.244. The van der Waals surface area contributed by atoms with Gasteiger partial charge in [0, 0.05) is 30.5 Å². The number of carbonyl (C=O) groups is 2. The van der Waals surface area contributed by atoms with Crippen molar-refractivity contribution in [2.75, 3.05) is 18.0 Å². The van der Waals surface area contributed by atoms with Crippen LogP contribution in [0.15, 0.2) is 48.7 Å². The predicted molar refractivity (Wildman–Crippen MR) is 93.2 cm³/mol. The Hall–Kier alpha value is -2.40. The minimum atomic E-state index is -0.449. The van der Waals surface area contributed by atoms with Crippen LogP contribution in [0.3, 0.4) is 0 Å². The number of hydrogen-bond donors (Lipinski definition) is 0. The minimum Gasteiger partial charge on any atom is -0.327 e. The Morgan fingerprint density at radius 3 is 2.75 bits per heavy atom. The van der Waals surface area contributed by atoms with E-state index < -0.39 is 6.04 Å². The normalized spacial score (nSPS) is 17.2. The van der Waals surface area contributed by atoms with Gasteiger partial charge in [0.2, 0.25) is 5.91 Å². The van der Waals surface area contributed by atoms with Crippen LogP contribution in [0.5, 0.6) is 0 Å². The van der Waals surface area contributed by atoms with Crippen molar-refractivity contribution in [3.05, 3.63) is 59.4 Å². The number of pyridine rings is 1. The molecule has 0 bridgehead atoms. The summed E-state index contributed by atoms with van der Waals surface area (Å²) >= 11 is 5.87. The van der Waals surface area contributed by atoms with E-state index in [1.807, 2.05) is 37.3 Å². The zero-order valence-corrected chi connectivity index (χ0v) is 14.1. The lowest BCUT2D eigenvalue weighted by Crippen LogP contribution is -2.45. The van der Waals surface area contributed by atoms with Gasteiger partial charge < -0.3 is 9.80 Å². The van der Waals surface area contributed by atoms with Crippen molar-refractivity contribution >= 4 is 29.1 Å². The number of benzene rings is 1. The summed E-state index contributed by atoms with van der Waals surface area (Å²) in [6.07, 6.45) is 2.11. The van der Waals surface area contributed by atoms with Crippen molar-refractivity contribution in [3.8, 4) is 0 Å². The lowest BCUT2D eigenvalue weighted by molar-refractivity contribution is -0.120. The van der Waals surface area contributed by atoms with Crippen molar-refractivity contribution < 1.29 is 9.59 Å². The Bertz CT molecular complexity index is 751. The molecule has 2 amide bonds. The molecule has 0 radical (unpaired) electrons. The van der Waals surface area contributed by atoms with Gasteiger partial charge in [-0.25, -0.2) is 4.98 Å². The highest BCUT2D eigenvalue weighted by molar-refractivity contribution is 6.29. The summed E-state index contributed by atoms with van der Waals surface area (Å²) in [4.78, 5) is 32.8. The molecular formula is C18H18ClN3O2. The van der Waals surface area contributed by atoms with Crippen LogP contribution in [0.2, 0.25) is 5.15 Å². The number of hydrogen-bond acceptors (Lipinski definition) is 3. The Kier molecular flexibility index (Phi) is 4.81. The molecule has 2 aromatic rings. The standard InChI is InChI=1S/C18H18ClN3O2/c1-2-21(17(23)13-8-10-20-16(19)12-13)15-9-11-22(18(15)24)14-6-4-3-5-7-14/h3-8,10,12,15H,2,9,11H2,1H3/t15-/m1/s1. The van der Waals surface area contributed by atoms with Gasteiger partial charge in [-0.1, -0.05) is 29.8 Å². The van der Waals surface area contributed by atoms with Crippen molar-refractivity contribution in [3.63, 3.8) is 0 Å². The fraction of sp³-hybridized carbons (Fsp3) is 0.278. The maximum absolute atomic E-state index is 12.8. The molecule has 1 atom stereocenters. The number of carbonyl (C=O) groups excluding carboxylic acids is 2. The molecule has 2 heterocycles. The second-order valence-corrected chi connectivity index (χ2v) is 5.98. The van der Waals surface area contributed by atoms with E-state index in [1.54, 1.807) is 15.9 Å². The third-order valence-corrected chi connectivity index (χ3v) is 4.40. The van der Waals surface area contributed by atoms with Gasteiger partial charge in [-0.3, -0.25) is 9.59 Å². The largest absolute Gasteiger partial charge is 0.327 e. The predicted octanol–water partition coefficient (Wildman–Crippen LogP) is 3.00. The van der Waals surface area contributed by atoms with E-state index in [2.05, 4.69) is 4.98 Å². The summed E-state index contributed by atoms with van der Waals surface area (Å²) in [6.45, 7) is 2.94. The first kappa shape index (κ1) is 16.5. The second kappa shape index (κ2) is 7.01. The van der Waals surface area contributed by atoms with Crippen molar-refractivity contribution in [1.82, 2.24) is 9.88 Å². The molecule has 0 N–H and O–H groups in total. The van der Waals surface area contributed by atoms with E-state index in [1.165, 1.54) is 12.3 Å². The fourth-order valence-electron chi connectivity index (χ4n) is 3.03. The first-order valence-electron chi connectivity index (χ1n) is 7.90. The molecule has 0 spiro atoms. The smallest absolute Gasteiger partial charge is 0.254 e. The molecule has 24 heavy (non-hydrogen) atoms. The van der Waals surface area contributed by atoms with Crippen LogP contribution in [0.1, 0.15) is 23.7 Å². The number of para-hydroxylation sites is 1. The number of nitrogens with zero attached hydrogens (tertiary/aromatic N) is 3. The minimum absolute atomic E-state index is 0.0449. The third-order valence-electron chi connectivity index (χ3n) is 4.20. The first-order valence-corrected chi connectivity index (χ1v) is 8.28. The van der Waals surface area contributed by atoms with Gasteiger partial charge in [0.15, 0.2) is 0 Å². The van der Waals surface area contributed by atoms with Crippen LogP contribution in [-0.2, 0) is 4.79 Å². The molecule has 0 aliphatic carbocycles. The van der Waals surface area contributed by atoms with Crippen LogP contribution in [0.25, 0.3) is 0 Å². The maximum Gasteiger partial charge on any atom is 0.254 e. The molecule has 1 saturated heterocycles. The zero-order valence-electron chi connectivity index (χ0n) is 13.4. The average molecular weight is 344 g/mol. The number of aromatic nitrogens is 1. The van der Waals surface area contributed by atoms with E-state index in [0.717, 1.165) is 5.69 Å². The van der Waals surface area contributed by atoms with E-state index in [4.69, 9.17) is 11.6 Å². The second-order valence-electron chi connectivity index (χ2n) is 5.59. The SMILES string of the molecule is CCN(C(=O)c1ccnc(Cl)c1)[C@@H]1CCN(c2ccccc2)C1=O. The molecule has 0 unspecified atom stereocenters. The monoisotopic (exact) mass is 343 g/mol. The Balaban J connectivity index is 1.82. The lowest BCUT2D eigenvalue weighted by atomic mass is 10.1. The number of rotatable bonds is 4. The first-order chi connectivity index (χ1) is 11.6. The Labute approximate surface area is 145 Å². The zero-order chi connectivity index (χ0) is 17.1. The van der Waals surface area contributed by atoms with Gasteiger partial charge >= 0.3 is 0 Å². The molecule has 3 rings (SSSR count). The number of halogens is 1. The molecule has 1 aliphatic heterocycles. The van der Waals surface area contributed by atoms with E-state index in [-0.39, 0.29) is 17.0 Å². The molecule has 6 heteroatoms. The van der Waals surface area contributed by atoms with Crippen molar-refractivity contribution in [2.24, 2.45) is 0 Å². The van der Waals surface area contributed by atoms with Crippen LogP contribution in [0, 0.1) is 0 Å². The highest BCUT2D eigenvalue weighted by Gasteiger charge is 2.38. The van der Waals surface area contributed by atoms with E-state index in [9.17, 15) is 9.59 Å². The summed E-state index contributed by atoms with van der Waals surface area (Å²) in [7, 11) is 0. The van der Waals surface area contributed by atoms with Gasteiger partial charge in [-0.05, 0) is 37.6 Å². The highest BCUT2D eigenvalue weighted by Crippen LogP contribution is 2.25. The molecule has 5 nitrogen and oxygen atoms in total. The highest BCUT2D eigenvalue weighted by atomic mass is 35.5. The van der Waals surface area contributed by atoms with Gasteiger partial charge in [0.25, 0.3) is 5.91 Å². The summed E-state index contributed by atoms with van der Waals surface area (Å²) in [5.41, 5.74) is 1.31. The average Bonchev–Trinajstić information content (AvgIpc) is 2.98. The number of amides is 2. The van der Waals surface area contributed by atoms with Crippen molar-refractivity contribution in [1.29, 1.82) is 0 Å². The van der Waals surface area contributed by atoms with Gasteiger partial charge in [0.1, 0.15) is 11.2 Å². The molecule has 1 aromatic carbocycles. The van der Waals surface area contributed by atoms with E-state index >= 15 is 0 Å². The topological polar surface area (TPSA) is 53.5 Å². The molecular weight excluding hydrogens is 326 g/mol. The van der Waals surface area contributed by atoms with Crippen LogP contribution >= 0.6 is 11.6 Å².